The fourth-order valence-corrected chi connectivity index (χ4v) is 3.96. The number of aromatic nitrogens is 2. The minimum Gasteiger partial charge on any atom is -0.496 e. The van der Waals surface area contributed by atoms with E-state index in [1.807, 2.05) is 36.1 Å². The molecule has 3 rings (SSSR count). The van der Waals surface area contributed by atoms with Gasteiger partial charge in [-0.25, -0.2) is 4.79 Å². The molecule has 2 heterocycles. The summed E-state index contributed by atoms with van der Waals surface area (Å²) >= 11 is 1.62. The Bertz CT molecular complexity index is 695. The first-order valence-corrected chi connectivity index (χ1v) is 9.04. The van der Waals surface area contributed by atoms with Gasteiger partial charge in [-0.1, -0.05) is 23.5 Å². The number of ether oxygens (including phenoxy) is 1. The first kappa shape index (κ1) is 16.7. The topological polar surface area (TPSA) is 67.4 Å². The van der Waals surface area contributed by atoms with Crippen LogP contribution in [0, 0.1) is 0 Å². The van der Waals surface area contributed by atoms with Gasteiger partial charge < -0.3 is 15.0 Å². The maximum absolute atomic E-state index is 11.9. The first-order chi connectivity index (χ1) is 11.7. The fraction of sp³-hybridized carbons (Fsp3) is 0.471. The zero-order chi connectivity index (χ0) is 16.9. The predicted octanol–water partition coefficient (Wildman–Crippen LogP) is 3.12. The van der Waals surface area contributed by atoms with Gasteiger partial charge in [0.05, 0.1) is 12.7 Å². The predicted molar refractivity (Wildman–Crippen MR) is 94.5 cm³/mol. The molecule has 1 fully saturated rings. The minimum atomic E-state index is 0.0305. The van der Waals surface area contributed by atoms with Crippen LogP contribution in [0.25, 0.3) is 10.6 Å². The molecule has 1 aromatic carbocycles. The van der Waals surface area contributed by atoms with Crippen molar-refractivity contribution in [2.24, 2.45) is 0 Å². The molecule has 0 bridgehead atoms. The highest BCUT2D eigenvalue weighted by Gasteiger charge is 2.26. The molecule has 0 radical (unpaired) electrons. The van der Waals surface area contributed by atoms with Gasteiger partial charge in [0, 0.05) is 25.6 Å². The third kappa shape index (κ3) is 3.51. The summed E-state index contributed by atoms with van der Waals surface area (Å²) in [6.45, 7) is 4.13. The Morgan fingerprint density at radius 2 is 2.08 bits per heavy atom. The highest BCUT2D eigenvalue weighted by molar-refractivity contribution is 7.14. The second-order valence-corrected chi connectivity index (χ2v) is 6.75. The van der Waals surface area contributed by atoms with Gasteiger partial charge in [0.1, 0.15) is 10.8 Å². The lowest BCUT2D eigenvalue weighted by Crippen LogP contribution is -2.44. The third-order valence-electron chi connectivity index (χ3n) is 4.24. The molecular formula is C17H22N4O2S. The lowest BCUT2D eigenvalue weighted by Gasteiger charge is -2.30. The molecule has 1 saturated heterocycles. The monoisotopic (exact) mass is 346 g/mol. The number of methoxy groups -OCH3 is 1. The largest absolute Gasteiger partial charge is 0.496 e. The Balaban J connectivity index is 1.68. The van der Waals surface area contributed by atoms with Gasteiger partial charge in [-0.2, -0.15) is 0 Å². The molecule has 1 aliphatic heterocycles. The summed E-state index contributed by atoms with van der Waals surface area (Å²) in [5, 5.41) is 13.5. The van der Waals surface area contributed by atoms with Crippen molar-refractivity contribution in [2.45, 2.75) is 25.7 Å². The number of likely N-dealkylation sites (tertiary alicyclic amines) is 1. The van der Waals surface area contributed by atoms with Crippen LogP contribution >= 0.6 is 11.3 Å². The minimum absolute atomic E-state index is 0.0305. The zero-order valence-electron chi connectivity index (χ0n) is 14.0. The molecule has 2 amide bonds. The van der Waals surface area contributed by atoms with Gasteiger partial charge in [-0.15, -0.1) is 10.2 Å². The van der Waals surface area contributed by atoms with Crippen molar-refractivity contribution in [1.29, 1.82) is 0 Å². The molecule has 6 nitrogen and oxygen atoms in total. The van der Waals surface area contributed by atoms with E-state index in [-0.39, 0.29) is 6.03 Å². The quantitative estimate of drug-likeness (QED) is 0.923. The molecule has 0 unspecified atom stereocenters. The van der Waals surface area contributed by atoms with Crippen molar-refractivity contribution in [3.8, 4) is 16.3 Å². The van der Waals surface area contributed by atoms with Crippen molar-refractivity contribution >= 4 is 17.4 Å². The smallest absolute Gasteiger partial charge is 0.317 e. The van der Waals surface area contributed by atoms with E-state index in [0.717, 1.165) is 47.3 Å². The number of carbonyl (C=O) groups is 1. The molecule has 7 heteroatoms. The van der Waals surface area contributed by atoms with E-state index >= 15 is 0 Å². The fourth-order valence-electron chi connectivity index (χ4n) is 2.92. The lowest BCUT2D eigenvalue weighted by molar-refractivity contribution is 0.182. The Morgan fingerprint density at radius 3 is 2.79 bits per heavy atom. The maximum Gasteiger partial charge on any atom is 0.317 e. The Hall–Kier alpha value is -2.15. The van der Waals surface area contributed by atoms with Crippen LogP contribution in [0.1, 0.15) is 30.7 Å². The van der Waals surface area contributed by atoms with E-state index in [2.05, 4.69) is 15.5 Å². The molecule has 1 aliphatic rings. The van der Waals surface area contributed by atoms with Gasteiger partial charge in [0.2, 0.25) is 0 Å². The molecule has 24 heavy (non-hydrogen) atoms. The Morgan fingerprint density at radius 1 is 1.33 bits per heavy atom. The molecule has 1 aromatic heterocycles. The molecule has 0 aliphatic carbocycles. The van der Waals surface area contributed by atoms with Crippen LogP contribution in [-0.4, -0.2) is 47.9 Å². The van der Waals surface area contributed by atoms with Crippen LogP contribution in [0.3, 0.4) is 0 Å². The van der Waals surface area contributed by atoms with Crippen LogP contribution < -0.4 is 10.1 Å². The van der Waals surface area contributed by atoms with E-state index in [1.165, 1.54) is 0 Å². The van der Waals surface area contributed by atoms with E-state index in [0.29, 0.717) is 12.5 Å². The van der Waals surface area contributed by atoms with Crippen LogP contribution in [0.15, 0.2) is 24.3 Å². The summed E-state index contributed by atoms with van der Waals surface area (Å²) in [5.74, 6) is 1.18. The summed E-state index contributed by atoms with van der Waals surface area (Å²) in [6.07, 6.45) is 1.86. The van der Waals surface area contributed by atoms with E-state index < -0.39 is 0 Å². The van der Waals surface area contributed by atoms with Crippen LogP contribution in [0.4, 0.5) is 4.79 Å². The van der Waals surface area contributed by atoms with E-state index in [1.54, 1.807) is 18.4 Å². The van der Waals surface area contributed by atoms with Crippen molar-refractivity contribution in [3.05, 3.63) is 29.3 Å². The second-order valence-electron chi connectivity index (χ2n) is 5.74. The highest BCUT2D eigenvalue weighted by atomic mass is 32.1. The van der Waals surface area contributed by atoms with Crippen molar-refractivity contribution < 1.29 is 9.53 Å². The molecule has 0 atom stereocenters. The van der Waals surface area contributed by atoms with Gasteiger partial charge in [-0.05, 0) is 31.9 Å². The first-order valence-electron chi connectivity index (χ1n) is 8.22. The average Bonchev–Trinajstić information content (AvgIpc) is 3.12. The number of amides is 2. The van der Waals surface area contributed by atoms with Crippen LogP contribution in [0.2, 0.25) is 0 Å². The number of rotatable bonds is 4. The van der Waals surface area contributed by atoms with Gasteiger partial charge >= 0.3 is 6.03 Å². The van der Waals surface area contributed by atoms with Gasteiger partial charge in [0.15, 0.2) is 5.01 Å². The van der Waals surface area contributed by atoms with Crippen LogP contribution in [0.5, 0.6) is 5.75 Å². The number of urea groups is 1. The van der Waals surface area contributed by atoms with E-state index in [4.69, 9.17) is 4.74 Å². The van der Waals surface area contributed by atoms with Gasteiger partial charge in [0.25, 0.3) is 0 Å². The summed E-state index contributed by atoms with van der Waals surface area (Å²) in [5.41, 5.74) is 0.975. The number of hydrogen-bond donors (Lipinski definition) is 1. The molecule has 1 N–H and O–H groups in total. The summed E-state index contributed by atoms with van der Waals surface area (Å²) in [7, 11) is 1.66. The normalized spacial score (nSPS) is 15.3. The summed E-state index contributed by atoms with van der Waals surface area (Å²) in [4.78, 5) is 13.8. The standard InChI is InChI=1S/C17H22N4O2S/c1-3-18-17(22)21-10-8-12(9-11-21)15-19-20-16(24-15)13-6-4-5-7-14(13)23-2/h4-7,12H,3,8-11H2,1-2H3,(H,18,22). The highest BCUT2D eigenvalue weighted by Crippen LogP contribution is 2.36. The number of nitrogens with zero attached hydrogens (tertiary/aromatic N) is 3. The number of nitrogens with one attached hydrogen (secondary N) is 1. The summed E-state index contributed by atoms with van der Waals surface area (Å²) in [6, 6.07) is 7.88. The van der Waals surface area contributed by atoms with E-state index in [9.17, 15) is 4.79 Å². The van der Waals surface area contributed by atoms with Crippen LogP contribution in [-0.2, 0) is 0 Å². The SMILES string of the molecule is CCNC(=O)N1CCC(c2nnc(-c3ccccc3OC)s2)CC1. The summed E-state index contributed by atoms with van der Waals surface area (Å²) < 4.78 is 5.41. The number of benzene rings is 1. The maximum atomic E-state index is 11.9. The molecule has 0 spiro atoms. The number of carbonyl (C=O) groups excluding carboxylic acids is 1. The lowest BCUT2D eigenvalue weighted by atomic mass is 9.98. The molecular weight excluding hydrogens is 324 g/mol. The average molecular weight is 346 g/mol. The van der Waals surface area contributed by atoms with Crippen molar-refractivity contribution in [1.82, 2.24) is 20.4 Å². The molecule has 2 aromatic rings. The Kier molecular flexibility index (Phi) is 5.30. The number of para-hydroxylation sites is 1. The van der Waals surface area contributed by atoms with Crippen molar-refractivity contribution in [3.63, 3.8) is 0 Å². The number of hydrogen-bond acceptors (Lipinski definition) is 5. The Labute approximate surface area is 145 Å². The zero-order valence-corrected chi connectivity index (χ0v) is 14.8. The van der Waals surface area contributed by atoms with Gasteiger partial charge in [-0.3, -0.25) is 0 Å². The molecule has 128 valence electrons. The number of piperidine rings is 1. The van der Waals surface area contributed by atoms with Crippen molar-refractivity contribution in [2.75, 3.05) is 26.7 Å². The molecule has 0 saturated carbocycles. The third-order valence-corrected chi connectivity index (χ3v) is 5.36. The second kappa shape index (κ2) is 7.61.